The fourth-order valence-corrected chi connectivity index (χ4v) is 2.82. The van der Waals surface area contributed by atoms with E-state index in [4.69, 9.17) is 16.3 Å². The van der Waals surface area contributed by atoms with Crippen LogP contribution in [0, 0.1) is 5.92 Å². The Morgan fingerprint density at radius 1 is 1.43 bits per heavy atom. The van der Waals surface area contributed by atoms with Gasteiger partial charge >= 0.3 is 6.09 Å². The Kier molecular flexibility index (Phi) is 4.14. The van der Waals surface area contributed by atoms with E-state index in [2.05, 4.69) is 20.4 Å². The number of fused-ring (bicyclic) bond motifs is 1. The number of alkyl carbamates (subject to hydrolysis) is 1. The van der Waals surface area contributed by atoms with Gasteiger partial charge in [-0.25, -0.2) is 14.5 Å². The second kappa shape index (κ2) is 5.96. The van der Waals surface area contributed by atoms with Crippen molar-refractivity contribution in [2.45, 2.75) is 45.3 Å². The summed E-state index contributed by atoms with van der Waals surface area (Å²) in [6, 6.07) is 0.281. The van der Waals surface area contributed by atoms with Crippen LogP contribution in [0.15, 0.2) is 12.4 Å². The van der Waals surface area contributed by atoms with Crippen LogP contribution < -0.4 is 5.32 Å². The van der Waals surface area contributed by atoms with Crippen LogP contribution in [0.5, 0.6) is 0 Å². The number of nitrogens with one attached hydrogen (secondary N) is 1. The molecule has 2 aromatic heterocycles. The van der Waals surface area contributed by atoms with Gasteiger partial charge in [0, 0.05) is 12.7 Å². The fraction of sp³-hybridized carbons (Fsp3) is 0.600. The van der Waals surface area contributed by atoms with Gasteiger partial charge in [-0.3, -0.25) is 0 Å². The van der Waals surface area contributed by atoms with Crippen LogP contribution in [0.1, 0.15) is 39.7 Å². The molecule has 1 fully saturated rings. The predicted octanol–water partition coefficient (Wildman–Crippen LogP) is 2.96. The molecule has 0 radical (unpaired) electrons. The second-order valence-electron chi connectivity index (χ2n) is 6.88. The zero-order valence-corrected chi connectivity index (χ0v) is 14.2. The predicted molar refractivity (Wildman–Crippen MR) is 86.3 cm³/mol. The fourth-order valence-electron chi connectivity index (χ4n) is 2.69. The third kappa shape index (κ3) is 3.72. The van der Waals surface area contributed by atoms with Crippen LogP contribution in [0.4, 0.5) is 4.79 Å². The average molecular weight is 338 g/mol. The third-order valence-corrected chi connectivity index (χ3v) is 3.98. The van der Waals surface area contributed by atoms with Gasteiger partial charge in [-0.1, -0.05) is 0 Å². The molecule has 0 aromatic carbocycles. The van der Waals surface area contributed by atoms with Gasteiger partial charge in [0.1, 0.15) is 5.60 Å². The lowest BCUT2D eigenvalue weighted by molar-refractivity contribution is 0.0498. The van der Waals surface area contributed by atoms with Gasteiger partial charge in [-0.05, 0) is 51.1 Å². The number of ether oxygens (including phenoxy) is 1. The van der Waals surface area contributed by atoms with Crippen molar-refractivity contribution in [3.05, 3.63) is 17.7 Å². The van der Waals surface area contributed by atoms with E-state index in [1.165, 1.54) is 0 Å². The lowest BCUT2D eigenvalue weighted by Gasteiger charge is -2.35. The Labute approximate surface area is 139 Å². The minimum absolute atomic E-state index is 0.224. The van der Waals surface area contributed by atoms with Gasteiger partial charge in [-0.2, -0.15) is 10.1 Å². The summed E-state index contributed by atoms with van der Waals surface area (Å²) in [6.45, 7) is 6.16. The number of hydrogen-bond donors (Lipinski definition) is 1. The molecule has 1 saturated carbocycles. The molecule has 1 aliphatic carbocycles. The van der Waals surface area contributed by atoms with Gasteiger partial charge < -0.3 is 10.1 Å². The molecule has 124 valence electrons. The van der Waals surface area contributed by atoms with Gasteiger partial charge in [0.05, 0.1) is 17.6 Å². The van der Waals surface area contributed by atoms with E-state index in [0.717, 1.165) is 23.9 Å². The number of carbonyl (C=O) groups excluding carboxylic acids is 1. The molecule has 0 bridgehead atoms. The molecule has 0 saturated heterocycles. The molecule has 8 heteroatoms. The summed E-state index contributed by atoms with van der Waals surface area (Å²) < 4.78 is 7.12. The maximum atomic E-state index is 11.6. The van der Waals surface area contributed by atoms with Crippen LogP contribution in [0.25, 0.3) is 11.0 Å². The molecule has 23 heavy (non-hydrogen) atoms. The first-order valence-electron chi connectivity index (χ1n) is 7.64. The minimum Gasteiger partial charge on any atom is -0.444 e. The first-order valence-corrected chi connectivity index (χ1v) is 8.02. The smallest absolute Gasteiger partial charge is 0.407 e. The standard InChI is InChI=1S/C15H20ClN5O2/c1-15(2,3)23-14(22)18-6-9-4-11(5-9)21-12-10(8-19-21)7-17-13(16)20-12/h7-9,11H,4-6H2,1-3H3,(H,18,22). The second-order valence-corrected chi connectivity index (χ2v) is 7.22. The highest BCUT2D eigenvalue weighted by Gasteiger charge is 2.32. The van der Waals surface area contributed by atoms with Crippen LogP contribution in [-0.2, 0) is 4.74 Å². The largest absolute Gasteiger partial charge is 0.444 e. The molecular weight excluding hydrogens is 318 g/mol. The van der Waals surface area contributed by atoms with Crippen molar-refractivity contribution in [1.82, 2.24) is 25.1 Å². The number of amides is 1. The summed E-state index contributed by atoms with van der Waals surface area (Å²) in [5.41, 5.74) is 0.285. The summed E-state index contributed by atoms with van der Waals surface area (Å²) in [4.78, 5) is 19.8. The first-order chi connectivity index (χ1) is 10.8. The Morgan fingerprint density at radius 2 is 2.17 bits per heavy atom. The van der Waals surface area contributed by atoms with Gasteiger partial charge in [0.25, 0.3) is 0 Å². The molecule has 7 nitrogen and oxygen atoms in total. The molecular formula is C15H20ClN5O2. The van der Waals surface area contributed by atoms with Gasteiger partial charge in [0.2, 0.25) is 5.28 Å². The van der Waals surface area contributed by atoms with Crippen LogP contribution >= 0.6 is 11.6 Å². The monoisotopic (exact) mass is 337 g/mol. The molecule has 1 aliphatic rings. The number of aromatic nitrogens is 4. The maximum absolute atomic E-state index is 11.6. The van der Waals surface area contributed by atoms with E-state index in [1.807, 2.05) is 25.5 Å². The van der Waals surface area contributed by atoms with E-state index < -0.39 is 5.60 Å². The Balaban J connectivity index is 1.53. The van der Waals surface area contributed by atoms with E-state index in [-0.39, 0.29) is 17.4 Å². The first kappa shape index (κ1) is 16.0. The molecule has 0 spiro atoms. The number of rotatable bonds is 3. The Hall–Kier alpha value is -1.89. The summed E-state index contributed by atoms with van der Waals surface area (Å²) >= 11 is 5.85. The van der Waals surface area contributed by atoms with Gasteiger partial charge in [-0.15, -0.1) is 0 Å². The molecule has 2 aromatic rings. The van der Waals surface area contributed by atoms with E-state index in [9.17, 15) is 4.79 Å². The van der Waals surface area contributed by atoms with Crippen molar-refractivity contribution in [2.75, 3.05) is 6.54 Å². The quantitative estimate of drug-likeness (QED) is 0.871. The van der Waals surface area contributed by atoms with Crippen LogP contribution in [0.2, 0.25) is 5.28 Å². The van der Waals surface area contributed by atoms with E-state index in [1.54, 1.807) is 12.4 Å². The molecule has 3 rings (SSSR count). The van der Waals surface area contributed by atoms with Crippen molar-refractivity contribution < 1.29 is 9.53 Å². The minimum atomic E-state index is -0.473. The third-order valence-electron chi connectivity index (χ3n) is 3.80. The number of nitrogens with zero attached hydrogens (tertiary/aromatic N) is 4. The highest BCUT2D eigenvalue weighted by atomic mass is 35.5. The number of hydrogen-bond acceptors (Lipinski definition) is 5. The summed E-state index contributed by atoms with van der Waals surface area (Å²) in [5.74, 6) is 0.420. The highest BCUT2D eigenvalue weighted by molar-refractivity contribution is 6.28. The average Bonchev–Trinajstić information content (AvgIpc) is 2.78. The van der Waals surface area contributed by atoms with E-state index >= 15 is 0 Å². The molecule has 0 unspecified atom stereocenters. The zero-order valence-electron chi connectivity index (χ0n) is 13.4. The zero-order chi connectivity index (χ0) is 16.6. The summed E-state index contributed by atoms with van der Waals surface area (Å²) in [6.07, 6.45) is 4.93. The Morgan fingerprint density at radius 3 is 2.87 bits per heavy atom. The highest BCUT2D eigenvalue weighted by Crippen LogP contribution is 2.38. The maximum Gasteiger partial charge on any atom is 0.407 e. The number of halogens is 1. The molecule has 1 N–H and O–H groups in total. The number of carbonyl (C=O) groups is 1. The molecule has 2 heterocycles. The topological polar surface area (TPSA) is 81.9 Å². The van der Waals surface area contributed by atoms with Crippen LogP contribution in [-0.4, -0.2) is 38.0 Å². The van der Waals surface area contributed by atoms with E-state index in [0.29, 0.717) is 12.5 Å². The lowest BCUT2D eigenvalue weighted by Crippen LogP contribution is -2.39. The van der Waals surface area contributed by atoms with Crippen molar-refractivity contribution in [3.63, 3.8) is 0 Å². The summed E-state index contributed by atoms with van der Waals surface area (Å²) in [5, 5.41) is 8.30. The SMILES string of the molecule is CC(C)(C)OC(=O)NCC1CC(n2ncc3cnc(Cl)nc32)C1. The summed E-state index contributed by atoms with van der Waals surface area (Å²) in [7, 11) is 0. The van der Waals surface area contributed by atoms with Crippen molar-refractivity contribution in [1.29, 1.82) is 0 Å². The Bertz CT molecular complexity index is 718. The van der Waals surface area contributed by atoms with Crippen molar-refractivity contribution in [3.8, 4) is 0 Å². The van der Waals surface area contributed by atoms with Crippen molar-refractivity contribution >= 4 is 28.7 Å². The molecule has 0 atom stereocenters. The molecule has 1 amide bonds. The molecule has 0 aliphatic heterocycles. The lowest BCUT2D eigenvalue weighted by atomic mass is 9.80. The van der Waals surface area contributed by atoms with Gasteiger partial charge in [0.15, 0.2) is 5.65 Å². The normalized spacial score (nSPS) is 21.0. The van der Waals surface area contributed by atoms with Crippen molar-refractivity contribution in [2.24, 2.45) is 5.92 Å². The van der Waals surface area contributed by atoms with Crippen LogP contribution in [0.3, 0.4) is 0 Å².